The maximum Gasteiger partial charge on any atom is 0.335 e. The molecule has 3 N–H and O–H groups in total. The molecule has 0 saturated carbocycles. The Balaban J connectivity index is 1.32. The molecule has 2 fully saturated rings. The zero-order valence-electron chi connectivity index (χ0n) is 23.4. The number of morpholine rings is 1. The number of ether oxygens (including phenoxy) is 2. The van der Waals surface area contributed by atoms with Crippen LogP contribution in [0, 0.1) is 6.92 Å². The summed E-state index contributed by atoms with van der Waals surface area (Å²) >= 11 is 6.82. The summed E-state index contributed by atoms with van der Waals surface area (Å²) in [6.45, 7) is 7.04. The van der Waals surface area contributed by atoms with Gasteiger partial charge < -0.3 is 20.3 Å². The van der Waals surface area contributed by atoms with Gasteiger partial charge in [0.25, 0.3) is 5.91 Å². The highest BCUT2D eigenvalue weighted by atomic mass is 32.2. The lowest BCUT2D eigenvalue weighted by Gasteiger charge is -2.26. The average Bonchev–Trinajstić information content (AvgIpc) is 3.26. The van der Waals surface area contributed by atoms with Crippen molar-refractivity contribution in [3.05, 3.63) is 87.8 Å². The molecule has 10 heteroatoms. The molecule has 42 heavy (non-hydrogen) atoms. The van der Waals surface area contributed by atoms with E-state index in [1.165, 1.54) is 11.8 Å². The van der Waals surface area contributed by atoms with Crippen LogP contribution in [0.15, 0.2) is 65.6 Å². The number of nitrogen functional groups attached to an aromatic ring is 1. The number of benzene rings is 3. The first-order chi connectivity index (χ1) is 20.3. The van der Waals surface area contributed by atoms with E-state index in [0.717, 1.165) is 66.4 Å². The van der Waals surface area contributed by atoms with Gasteiger partial charge in [-0.15, -0.1) is 0 Å². The number of thiocarbonyl (C=S) groups is 1. The SMILES string of the molecule is Cc1ccc(-c2cc(/C=C3\SC(=S)N(CCc4ccc(C(=O)O)cc4)C3=O)ccc2OCCN2CCOCC2)cc1N. The lowest BCUT2D eigenvalue weighted by atomic mass is 9.99. The zero-order valence-corrected chi connectivity index (χ0v) is 25.0. The zero-order chi connectivity index (χ0) is 29.6. The third-order valence-electron chi connectivity index (χ3n) is 7.36. The van der Waals surface area contributed by atoms with Gasteiger partial charge in [-0.2, -0.15) is 0 Å². The summed E-state index contributed by atoms with van der Waals surface area (Å²) in [5.41, 5.74) is 11.8. The molecule has 3 aromatic carbocycles. The van der Waals surface area contributed by atoms with Gasteiger partial charge in [0.2, 0.25) is 0 Å². The summed E-state index contributed by atoms with van der Waals surface area (Å²) in [4.78, 5) is 28.9. The number of thioether (sulfide) groups is 1. The molecule has 2 aliphatic heterocycles. The number of nitrogens with two attached hydrogens (primary N) is 1. The van der Waals surface area contributed by atoms with Gasteiger partial charge in [-0.25, -0.2) is 4.79 Å². The van der Waals surface area contributed by atoms with Crippen molar-refractivity contribution in [2.45, 2.75) is 13.3 Å². The highest BCUT2D eigenvalue weighted by molar-refractivity contribution is 8.26. The molecule has 0 aromatic heterocycles. The Hall–Kier alpha value is -3.70. The van der Waals surface area contributed by atoms with Crippen molar-refractivity contribution in [3.63, 3.8) is 0 Å². The third kappa shape index (κ3) is 7.19. The summed E-state index contributed by atoms with van der Waals surface area (Å²) < 4.78 is 12.2. The molecule has 0 atom stereocenters. The summed E-state index contributed by atoms with van der Waals surface area (Å²) in [5, 5.41) is 9.11. The molecule has 0 spiro atoms. The summed E-state index contributed by atoms with van der Waals surface area (Å²) in [5.74, 6) is -0.352. The van der Waals surface area contributed by atoms with Crippen LogP contribution in [0.5, 0.6) is 5.75 Å². The number of aromatic carboxylic acids is 1. The standard InChI is InChI=1S/C32H33N3O5S2/c1-21-2-6-25(20-27(21)33)26-18-23(5-9-28(26)40-17-14-34-12-15-39-16-13-34)19-29-30(36)35(32(41)42-29)11-10-22-3-7-24(8-4-22)31(37)38/h2-9,18-20H,10-17,33H2,1H3,(H,37,38)/b29-19-. The molecule has 0 unspecified atom stereocenters. The number of nitrogens with zero attached hydrogens (tertiary/aromatic N) is 2. The molecular weight excluding hydrogens is 571 g/mol. The number of carboxylic acids is 1. The Labute approximate surface area is 255 Å². The number of carbonyl (C=O) groups excluding carboxylic acids is 1. The predicted octanol–water partition coefficient (Wildman–Crippen LogP) is 5.10. The van der Waals surface area contributed by atoms with Gasteiger partial charge >= 0.3 is 5.97 Å². The highest BCUT2D eigenvalue weighted by Crippen LogP contribution is 2.36. The van der Waals surface area contributed by atoms with Crippen molar-refractivity contribution in [1.29, 1.82) is 0 Å². The first kappa shape index (κ1) is 29.8. The quantitative estimate of drug-likeness (QED) is 0.186. The normalized spacial score (nSPS) is 16.8. The number of hydrogen-bond acceptors (Lipinski definition) is 8. The number of carbonyl (C=O) groups is 2. The average molecular weight is 604 g/mol. The maximum absolute atomic E-state index is 13.3. The second-order valence-corrected chi connectivity index (χ2v) is 11.9. The molecule has 218 valence electrons. The lowest BCUT2D eigenvalue weighted by molar-refractivity contribution is -0.122. The van der Waals surface area contributed by atoms with Crippen LogP contribution in [0.25, 0.3) is 17.2 Å². The Bertz CT molecular complexity index is 1520. The second kappa shape index (κ2) is 13.5. The molecule has 0 aliphatic carbocycles. The molecule has 3 aromatic rings. The fourth-order valence-electron chi connectivity index (χ4n) is 4.81. The van der Waals surface area contributed by atoms with E-state index >= 15 is 0 Å². The first-order valence-corrected chi connectivity index (χ1v) is 15.0. The Morgan fingerprint density at radius 2 is 1.86 bits per heavy atom. The van der Waals surface area contributed by atoms with Crippen molar-refractivity contribution >= 4 is 51.9 Å². The molecule has 2 aliphatic rings. The third-order valence-corrected chi connectivity index (χ3v) is 8.74. The van der Waals surface area contributed by atoms with E-state index < -0.39 is 5.97 Å². The molecule has 5 rings (SSSR count). The number of hydrogen-bond donors (Lipinski definition) is 2. The van der Waals surface area contributed by atoms with Gasteiger partial charge in [-0.05, 0) is 72.0 Å². The van der Waals surface area contributed by atoms with E-state index in [-0.39, 0.29) is 11.5 Å². The van der Waals surface area contributed by atoms with Crippen LogP contribution in [0.4, 0.5) is 5.69 Å². The van der Waals surface area contributed by atoms with Crippen molar-refractivity contribution in [1.82, 2.24) is 9.80 Å². The van der Waals surface area contributed by atoms with Gasteiger partial charge in [-0.1, -0.05) is 54.3 Å². The highest BCUT2D eigenvalue weighted by Gasteiger charge is 2.31. The minimum atomic E-state index is -0.967. The van der Waals surface area contributed by atoms with E-state index in [0.29, 0.717) is 34.5 Å². The second-order valence-electron chi connectivity index (χ2n) is 10.2. The molecule has 8 nitrogen and oxygen atoms in total. The Morgan fingerprint density at radius 1 is 1.10 bits per heavy atom. The number of carboxylic acid groups (broad SMARTS) is 1. The van der Waals surface area contributed by atoms with Gasteiger partial charge in [0.05, 0.1) is 23.7 Å². The Kier molecular flexibility index (Phi) is 9.58. The van der Waals surface area contributed by atoms with E-state index in [2.05, 4.69) is 4.90 Å². The van der Waals surface area contributed by atoms with Crippen molar-refractivity contribution < 1.29 is 24.2 Å². The lowest BCUT2D eigenvalue weighted by Crippen LogP contribution is -2.38. The summed E-state index contributed by atoms with van der Waals surface area (Å²) in [7, 11) is 0. The van der Waals surface area contributed by atoms with E-state index in [9.17, 15) is 9.59 Å². The van der Waals surface area contributed by atoms with Crippen LogP contribution < -0.4 is 10.5 Å². The molecule has 0 bridgehead atoms. The van der Waals surface area contributed by atoms with Crippen LogP contribution in [0.2, 0.25) is 0 Å². The predicted molar refractivity (Wildman–Crippen MR) is 171 cm³/mol. The smallest absolute Gasteiger partial charge is 0.335 e. The van der Waals surface area contributed by atoms with E-state index in [1.54, 1.807) is 29.2 Å². The van der Waals surface area contributed by atoms with Crippen LogP contribution >= 0.6 is 24.0 Å². The Morgan fingerprint density at radius 3 is 2.57 bits per heavy atom. The monoisotopic (exact) mass is 603 g/mol. The molecule has 2 saturated heterocycles. The summed E-state index contributed by atoms with van der Waals surface area (Å²) in [6, 6.07) is 18.5. The fraction of sp³-hybridized carbons (Fsp3) is 0.281. The van der Waals surface area contributed by atoms with E-state index in [1.807, 2.05) is 49.4 Å². The van der Waals surface area contributed by atoms with E-state index in [4.69, 9.17) is 32.5 Å². The van der Waals surface area contributed by atoms with Crippen LogP contribution in [0.3, 0.4) is 0 Å². The van der Waals surface area contributed by atoms with Gasteiger partial charge in [0.15, 0.2) is 0 Å². The largest absolute Gasteiger partial charge is 0.492 e. The number of rotatable bonds is 10. The first-order valence-electron chi connectivity index (χ1n) is 13.8. The maximum atomic E-state index is 13.3. The van der Waals surface area contributed by atoms with Gasteiger partial charge in [0, 0.05) is 37.4 Å². The molecular formula is C32H33N3O5S2. The van der Waals surface area contributed by atoms with Crippen LogP contribution in [-0.2, 0) is 16.0 Å². The topological polar surface area (TPSA) is 105 Å². The molecule has 2 heterocycles. The van der Waals surface area contributed by atoms with Crippen molar-refractivity contribution in [2.24, 2.45) is 0 Å². The minimum Gasteiger partial charge on any atom is -0.492 e. The van der Waals surface area contributed by atoms with Crippen LogP contribution in [-0.4, -0.2) is 77.1 Å². The van der Waals surface area contributed by atoms with Gasteiger partial charge in [-0.3, -0.25) is 14.6 Å². The molecule has 0 radical (unpaired) electrons. The summed E-state index contributed by atoms with van der Waals surface area (Å²) in [6.07, 6.45) is 2.43. The van der Waals surface area contributed by atoms with Crippen molar-refractivity contribution in [2.75, 3.05) is 51.7 Å². The number of amides is 1. The fourth-order valence-corrected chi connectivity index (χ4v) is 6.11. The minimum absolute atomic E-state index is 0.140. The molecule has 1 amide bonds. The number of anilines is 1. The number of aryl methyl sites for hydroxylation is 1. The van der Waals surface area contributed by atoms with Crippen molar-refractivity contribution in [3.8, 4) is 16.9 Å². The van der Waals surface area contributed by atoms with Crippen LogP contribution in [0.1, 0.15) is 27.0 Å². The van der Waals surface area contributed by atoms with Gasteiger partial charge in [0.1, 0.15) is 16.7 Å².